The number of carboxylic acids is 1. The van der Waals surface area contributed by atoms with Crippen molar-refractivity contribution in [2.24, 2.45) is 0 Å². The molecule has 0 fully saturated rings. The standard InChI is InChI=1S/C23H19ClF6N4O4/c1-21(19(36)37,14-3-2-4-15(11-14)23(28,29)30)31-17(35)12-34-20(38)33(10-9-22(25,26)27)18(32-34)13-5-7-16(24)8-6-13/h2-8,11H,9-10,12H2,1H3,(H,31,35)(H,36,37)/t21-/m1/s1. The Morgan fingerprint density at radius 1 is 1.03 bits per heavy atom. The predicted octanol–water partition coefficient (Wildman–Crippen LogP) is 4.45. The quantitative estimate of drug-likeness (QED) is 0.393. The molecule has 15 heteroatoms. The Kier molecular flexibility index (Phi) is 7.96. The summed E-state index contributed by atoms with van der Waals surface area (Å²) in [4.78, 5) is 37.6. The van der Waals surface area contributed by atoms with E-state index < -0.39 is 66.1 Å². The van der Waals surface area contributed by atoms with Gasteiger partial charge in [-0.05, 0) is 48.9 Å². The van der Waals surface area contributed by atoms with Crippen LogP contribution in [0.2, 0.25) is 5.02 Å². The van der Waals surface area contributed by atoms with E-state index in [1.54, 1.807) is 0 Å². The number of nitrogens with one attached hydrogen (secondary N) is 1. The smallest absolute Gasteiger partial charge is 0.416 e. The number of benzene rings is 2. The van der Waals surface area contributed by atoms with E-state index >= 15 is 0 Å². The predicted molar refractivity (Wildman–Crippen MR) is 122 cm³/mol. The van der Waals surface area contributed by atoms with Crippen molar-refractivity contribution in [3.63, 3.8) is 0 Å². The molecule has 2 N–H and O–H groups in total. The maximum atomic E-state index is 13.1. The lowest BCUT2D eigenvalue weighted by Gasteiger charge is -2.27. The van der Waals surface area contributed by atoms with Gasteiger partial charge in [0.15, 0.2) is 11.4 Å². The summed E-state index contributed by atoms with van der Waals surface area (Å²) in [5, 5.41) is 16.0. The average Bonchev–Trinajstić information content (AvgIpc) is 3.11. The van der Waals surface area contributed by atoms with E-state index in [9.17, 15) is 45.8 Å². The van der Waals surface area contributed by atoms with Gasteiger partial charge in [-0.25, -0.2) is 14.3 Å². The Morgan fingerprint density at radius 2 is 1.63 bits per heavy atom. The highest BCUT2D eigenvalue weighted by Crippen LogP contribution is 2.32. The van der Waals surface area contributed by atoms with Crippen LogP contribution in [0.5, 0.6) is 0 Å². The normalized spacial score (nSPS) is 13.7. The lowest BCUT2D eigenvalue weighted by molar-refractivity contribution is -0.147. The van der Waals surface area contributed by atoms with Gasteiger partial charge < -0.3 is 10.4 Å². The SMILES string of the molecule is C[C@](NC(=O)Cn1nc(-c2ccc(Cl)cc2)n(CCC(F)(F)F)c1=O)(C(=O)O)c1cccc(C(F)(F)F)c1. The van der Waals surface area contributed by atoms with Crippen LogP contribution < -0.4 is 11.0 Å². The summed E-state index contributed by atoms with van der Waals surface area (Å²) in [6.45, 7) is -0.800. The average molecular weight is 565 g/mol. The number of amides is 1. The Morgan fingerprint density at radius 3 is 2.18 bits per heavy atom. The molecule has 8 nitrogen and oxygen atoms in total. The van der Waals surface area contributed by atoms with Crippen LogP contribution in [0.25, 0.3) is 11.4 Å². The highest BCUT2D eigenvalue weighted by molar-refractivity contribution is 6.30. The molecule has 0 saturated heterocycles. The number of hydrogen-bond acceptors (Lipinski definition) is 4. The van der Waals surface area contributed by atoms with Crippen molar-refractivity contribution in [1.82, 2.24) is 19.7 Å². The molecule has 1 atom stereocenters. The first-order valence-corrected chi connectivity index (χ1v) is 11.1. The molecule has 204 valence electrons. The van der Waals surface area contributed by atoms with Gasteiger partial charge in [-0.15, -0.1) is 5.10 Å². The van der Waals surface area contributed by atoms with Gasteiger partial charge in [0, 0.05) is 17.1 Å². The molecular weight excluding hydrogens is 546 g/mol. The van der Waals surface area contributed by atoms with Crippen LogP contribution in [0.4, 0.5) is 26.3 Å². The fraction of sp³-hybridized carbons (Fsp3) is 0.304. The molecule has 0 radical (unpaired) electrons. The van der Waals surface area contributed by atoms with E-state index in [1.807, 2.05) is 0 Å². The minimum atomic E-state index is -4.78. The maximum Gasteiger partial charge on any atom is 0.416 e. The van der Waals surface area contributed by atoms with E-state index in [0.717, 1.165) is 25.1 Å². The number of aliphatic carboxylic acids is 1. The molecule has 0 aliphatic carbocycles. The van der Waals surface area contributed by atoms with Crippen LogP contribution in [0.3, 0.4) is 0 Å². The maximum absolute atomic E-state index is 13.1. The highest BCUT2D eigenvalue weighted by atomic mass is 35.5. The Hall–Kier alpha value is -3.81. The highest BCUT2D eigenvalue weighted by Gasteiger charge is 2.39. The zero-order chi connectivity index (χ0) is 28.5. The zero-order valence-corrected chi connectivity index (χ0v) is 20.2. The van der Waals surface area contributed by atoms with E-state index in [0.29, 0.717) is 20.3 Å². The molecule has 3 aromatic rings. The number of carbonyl (C=O) groups is 2. The summed E-state index contributed by atoms with van der Waals surface area (Å²) in [7, 11) is 0. The van der Waals surface area contributed by atoms with Gasteiger partial charge in [-0.2, -0.15) is 26.3 Å². The van der Waals surface area contributed by atoms with Gasteiger partial charge >= 0.3 is 24.0 Å². The van der Waals surface area contributed by atoms with Crippen molar-refractivity contribution >= 4 is 23.5 Å². The van der Waals surface area contributed by atoms with Crippen LogP contribution in [0.1, 0.15) is 24.5 Å². The van der Waals surface area contributed by atoms with Gasteiger partial charge in [0.2, 0.25) is 5.91 Å². The first-order valence-electron chi connectivity index (χ1n) is 10.7. The third-order valence-electron chi connectivity index (χ3n) is 5.52. The van der Waals surface area contributed by atoms with E-state index in [2.05, 4.69) is 10.4 Å². The number of halogens is 7. The first-order chi connectivity index (χ1) is 17.5. The van der Waals surface area contributed by atoms with Gasteiger partial charge in [-0.3, -0.25) is 9.36 Å². The molecule has 0 unspecified atom stereocenters. The lowest BCUT2D eigenvalue weighted by atomic mass is 9.90. The van der Waals surface area contributed by atoms with Crippen LogP contribution in [-0.2, 0) is 34.4 Å². The minimum Gasteiger partial charge on any atom is -0.479 e. The van der Waals surface area contributed by atoms with Crippen molar-refractivity contribution < 1.29 is 41.0 Å². The van der Waals surface area contributed by atoms with Crippen molar-refractivity contribution in [2.45, 2.75) is 44.3 Å². The number of alkyl halides is 6. The Balaban J connectivity index is 1.95. The second kappa shape index (κ2) is 10.5. The number of aromatic nitrogens is 3. The third-order valence-corrected chi connectivity index (χ3v) is 5.77. The molecule has 0 bridgehead atoms. The molecular formula is C23H19ClF6N4O4. The summed E-state index contributed by atoms with van der Waals surface area (Å²) < 4.78 is 79.2. The summed E-state index contributed by atoms with van der Waals surface area (Å²) in [6, 6.07) is 8.94. The van der Waals surface area contributed by atoms with Gasteiger partial charge in [-0.1, -0.05) is 23.7 Å². The fourth-order valence-corrected chi connectivity index (χ4v) is 3.63. The Labute approximate surface area is 215 Å². The summed E-state index contributed by atoms with van der Waals surface area (Å²) in [5.41, 5.74) is -4.78. The van der Waals surface area contributed by atoms with Gasteiger partial charge in [0.1, 0.15) is 6.54 Å². The van der Waals surface area contributed by atoms with Crippen molar-refractivity contribution in [3.05, 3.63) is 75.2 Å². The molecule has 0 aliphatic rings. The van der Waals surface area contributed by atoms with E-state index in [1.165, 1.54) is 24.3 Å². The van der Waals surface area contributed by atoms with Crippen LogP contribution in [-0.4, -0.2) is 37.5 Å². The minimum absolute atomic E-state index is 0.206. The summed E-state index contributed by atoms with van der Waals surface area (Å²) in [6.07, 6.45) is -10.8. The largest absolute Gasteiger partial charge is 0.479 e. The third kappa shape index (κ3) is 6.54. The lowest BCUT2D eigenvalue weighted by Crippen LogP contribution is -2.51. The number of hydrogen-bond donors (Lipinski definition) is 2. The molecule has 1 heterocycles. The monoisotopic (exact) mass is 564 g/mol. The number of rotatable bonds is 8. The molecule has 1 aromatic heterocycles. The number of carbonyl (C=O) groups excluding carboxylic acids is 1. The summed E-state index contributed by atoms with van der Waals surface area (Å²) in [5.74, 6) is -3.05. The van der Waals surface area contributed by atoms with Crippen LogP contribution >= 0.6 is 11.6 Å². The molecule has 3 rings (SSSR count). The number of carboxylic acid groups (broad SMARTS) is 1. The van der Waals surface area contributed by atoms with E-state index in [-0.39, 0.29) is 11.4 Å². The first kappa shape index (κ1) is 28.8. The summed E-state index contributed by atoms with van der Waals surface area (Å²) >= 11 is 5.83. The molecule has 0 saturated carbocycles. The zero-order valence-electron chi connectivity index (χ0n) is 19.4. The van der Waals surface area contributed by atoms with Crippen molar-refractivity contribution in [1.29, 1.82) is 0 Å². The second-order valence-electron chi connectivity index (χ2n) is 8.34. The number of nitrogens with zero attached hydrogens (tertiary/aromatic N) is 3. The van der Waals surface area contributed by atoms with Crippen molar-refractivity contribution in [2.75, 3.05) is 0 Å². The van der Waals surface area contributed by atoms with Gasteiger partial charge in [0.25, 0.3) is 0 Å². The van der Waals surface area contributed by atoms with Crippen LogP contribution in [0.15, 0.2) is 53.3 Å². The molecule has 38 heavy (non-hydrogen) atoms. The molecule has 0 spiro atoms. The molecule has 2 aromatic carbocycles. The Bertz CT molecular complexity index is 1400. The molecule has 0 aliphatic heterocycles. The fourth-order valence-electron chi connectivity index (χ4n) is 3.51. The van der Waals surface area contributed by atoms with E-state index in [4.69, 9.17) is 11.6 Å². The second-order valence-corrected chi connectivity index (χ2v) is 8.78. The van der Waals surface area contributed by atoms with Crippen molar-refractivity contribution in [3.8, 4) is 11.4 Å². The van der Waals surface area contributed by atoms with Gasteiger partial charge in [0.05, 0.1) is 12.0 Å². The van der Waals surface area contributed by atoms with Crippen LogP contribution in [0, 0.1) is 0 Å². The topological polar surface area (TPSA) is 106 Å². The molecule has 1 amide bonds.